The molecule has 1 aliphatic heterocycles. The van der Waals surface area contributed by atoms with E-state index in [-0.39, 0.29) is 10.9 Å². The van der Waals surface area contributed by atoms with Crippen molar-refractivity contribution < 1.29 is 9.18 Å². The van der Waals surface area contributed by atoms with E-state index in [0.29, 0.717) is 13.1 Å². The molecule has 0 unspecified atom stereocenters. The maximum absolute atomic E-state index is 13.0. The van der Waals surface area contributed by atoms with Gasteiger partial charge in [0.25, 0.3) is 0 Å². The molecule has 0 spiro atoms. The number of halogens is 2. The van der Waals surface area contributed by atoms with E-state index in [2.05, 4.69) is 0 Å². The van der Waals surface area contributed by atoms with Crippen LogP contribution in [0.25, 0.3) is 0 Å². The molecular weight excluding hydrogens is 231 g/mol. The Morgan fingerprint density at radius 2 is 2.12 bits per heavy atom. The Morgan fingerprint density at radius 3 is 2.75 bits per heavy atom. The highest BCUT2D eigenvalue weighted by molar-refractivity contribution is 6.31. The second-order valence-electron chi connectivity index (χ2n) is 3.84. The fourth-order valence-corrected chi connectivity index (χ4v) is 1.84. The van der Waals surface area contributed by atoms with Crippen molar-refractivity contribution in [3.63, 3.8) is 0 Å². The normalized spacial score (nSPS) is 16.8. The number of piperazine rings is 1. The molecule has 0 N–H and O–H groups in total. The zero-order valence-corrected chi connectivity index (χ0v) is 9.67. The van der Waals surface area contributed by atoms with Crippen LogP contribution in [0.5, 0.6) is 0 Å². The van der Waals surface area contributed by atoms with E-state index in [1.165, 1.54) is 6.07 Å². The molecule has 16 heavy (non-hydrogen) atoms. The van der Waals surface area contributed by atoms with Gasteiger partial charge in [0, 0.05) is 25.8 Å². The minimum Gasteiger partial charge on any atom is -0.360 e. The summed E-state index contributed by atoms with van der Waals surface area (Å²) in [5.41, 5.74) is 0.785. The third-order valence-corrected chi connectivity index (χ3v) is 3.02. The third kappa shape index (κ3) is 2.11. The average Bonchev–Trinajstić information content (AvgIpc) is 2.26. The molecule has 0 aromatic heterocycles. The maximum Gasteiger partial charge on any atom is 0.241 e. The van der Waals surface area contributed by atoms with Gasteiger partial charge in [0.2, 0.25) is 5.91 Å². The molecule has 0 radical (unpaired) electrons. The summed E-state index contributed by atoms with van der Waals surface area (Å²) < 4.78 is 13.0. The summed E-state index contributed by atoms with van der Waals surface area (Å²) in [5.74, 6) is -0.377. The fourth-order valence-electron chi connectivity index (χ4n) is 1.66. The summed E-state index contributed by atoms with van der Waals surface area (Å²) in [5, 5.41) is 0.0869. The number of hydrogen-bond acceptors (Lipinski definition) is 2. The lowest BCUT2D eigenvalue weighted by Gasteiger charge is -2.33. The van der Waals surface area contributed by atoms with Crippen LogP contribution in [0.2, 0.25) is 5.02 Å². The second kappa shape index (κ2) is 4.29. The molecule has 1 saturated heterocycles. The lowest BCUT2D eigenvalue weighted by molar-refractivity contribution is -0.129. The molecule has 1 aliphatic rings. The van der Waals surface area contributed by atoms with Gasteiger partial charge in [0.15, 0.2) is 0 Å². The Hall–Kier alpha value is -1.29. The summed E-state index contributed by atoms with van der Waals surface area (Å²) >= 11 is 5.70. The quantitative estimate of drug-likeness (QED) is 0.749. The number of benzene rings is 1. The van der Waals surface area contributed by atoms with Crippen LogP contribution in [-0.2, 0) is 4.79 Å². The highest BCUT2D eigenvalue weighted by Crippen LogP contribution is 2.23. The van der Waals surface area contributed by atoms with Crippen molar-refractivity contribution in [2.75, 3.05) is 31.6 Å². The van der Waals surface area contributed by atoms with Gasteiger partial charge in [-0.2, -0.15) is 0 Å². The highest BCUT2D eigenvalue weighted by Gasteiger charge is 2.21. The first-order valence-corrected chi connectivity index (χ1v) is 5.39. The minimum atomic E-state index is -0.439. The SMILES string of the molecule is CN1CCN(c2ccc(F)c(Cl)c2)CC1=O. The number of carbonyl (C=O) groups is 1. The van der Waals surface area contributed by atoms with E-state index >= 15 is 0 Å². The van der Waals surface area contributed by atoms with Gasteiger partial charge < -0.3 is 9.80 Å². The monoisotopic (exact) mass is 242 g/mol. The van der Waals surface area contributed by atoms with Crippen molar-refractivity contribution in [2.24, 2.45) is 0 Å². The summed E-state index contributed by atoms with van der Waals surface area (Å²) in [4.78, 5) is 15.1. The topological polar surface area (TPSA) is 23.6 Å². The summed E-state index contributed by atoms with van der Waals surface area (Å²) in [6, 6.07) is 4.51. The molecule has 0 saturated carbocycles. The molecule has 1 aromatic carbocycles. The molecule has 0 aliphatic carbocycles. The molecule has 1 heterocycles. The predicted molar refractivity (Wildman–Crippen MR) is 61.3 cm³/mol. The fraction of sp³-hybridized carbons (Fsp3) is 0.364. The third-order valence-electron chi connectivity index (χ3n) is 2.73. The van der Waals surface area contributed by atoms with E-state index in [9.17, 15) is 9.18 Å². The molecule has 0 bridgehead atoms. The van der Waals surface area contributed by atoms with Crippen LogP contribution >= 0.6 is 11.6 Å². The molecule has 3 nitrogen and oxygen atoms in total. The lowest BCUT2D eigenvalue weighted by atomic mass is 10.2. The standard InChI is InChI=1S/C11H12ClFN2O/c1-14-4-5-15(7-11(14)16)8-2-3-10(13)9(12)6-8/h2-3,6H,4-5,7H2,1H3. The van der Waals surface area contributed by atoms with E-state index in [1.807, 2.05) is 4.90 Å². The number of likely N-dealkylation sites (N-methyl/N-ethyl adjacent to an activating group) is 1. The van der Waals surface area contributed by atoms with E-state index in [1.54, 1.807) is 24.1 Å². The average molecular weight is 243 g/mol. The van der Waals surface area contributed by atoms with Gasteiger partial charge in [-0.15, -0.1) is 0 Å². The van der Waals surface area contributed by atoms with Crippen molar-refractivity contribution in [3.8, 4) is 0 Å². The Labute approximate surface area is 98.4 Å². The number of amides is 1. The molecule has 1 fully saturated rings. The Morgan fingerprint density at radius 1 is 1.38 bits per heavy atom. The lowest BCUT2D eigenvalue weighted by Crippen LogP contribution is -2.48. The number of nitrogens with zero attached hydrogens (tertiary/aromatic N) is 2. The molecule has 86 valence electrons. The van der Waals surface area contributed by atoms with Crippen molar-refractivity contribution in [1.29, 1.82) is 0 Å². The smallest absolute Gasteiger partial charge is 0.241 e. The molecule has 0 atom stereocenters. The summed E-state index contributed by atoms with van der Waals surface area (Å²) in [7, 11) is 1.78. The highest BCUT2D eigenvalue weighted by atomic mass is 35.5. The van der Waals surface area contributed by atoms with Gasteiger partial charge in [-0.05, 0) is 18.2 Å². The zero-order chi connectivity index (χ0) is 11.7. The van der Waals surface area contributed by atoms with Gasteiger partial charge in [-0.3, -0.25) is 4.79 Å². The number of carbonyl (C=O) groups excluding carboxylic acids is 1. The first kappa shape index (κ1) is 11.2. The second-order valence-corrected chi connectivity index (χ2v) is 4.24. The van der Waals surface area contributed by atoms with Crippen LogP contribution in [0.1, 0.15) is 0 Å². The predicted octanol–water partition coefficient (Wildman–Crippen LogP) is 1.76. The van der Waals surface area contributed by atoms with Crippen molar-refractivity contribution in [1.82, 2.24) is 4.90 Å². The van der Waals surface area contributed by atoms with Crippen LogP contribution in [0.4, 0.5) is 10.1 Å². The largest absolute Gasteiger partial charge is 0.360 e. The molecule has 5 heteroatoms. The van der Waals surface area contributed by atoms with Crippen molar-refractivity contribution >= 4 is 23.2 Å². The van der Waals surface area contributed by atoms with E-state index in [0.717, 1.165) is 12.2 Å². The van der Waals surface area contributed by atoms with Crippen molar-refractivity contribution in [2.45, 2.75) is 0 Å². The summed E-state index contributed by atoms with van der Waals surface area (Å²) in [6.07, 6.45) is 0. The Kier molecular flexibility index (Phi) is 3.01. The van der Waals surface area contributed by atoms with Crippen LogP contribution in [0.3, 0.4) is 0 Å². The van der Waals surface area contributed by atoms with Crippen LogP contribution in [0, 0.1) is 5.82 Å². The zero-order valence-electron chi connectivity index (χ0n) is 8.91. The van der Waals surface area contributed by atoms with Crippen molar-refractivity contribution in [3.05, 3.63) is 29.0 Å². The molecular formula is C11H12ClFN2O. The Balaban J connectivity index is 2.18. The van der Waals surface area contributed by atoms with Gasteiger partial charge in [-0.1, -0.05) is 11.6 Å². The Bertz CT molecular complexity index is 424. The van der Waals surface area contributed by atoms with Crippen LogP contribution in [0.15, 0.2) is 18.2 Å². The number of hydrogen-bond donors (Lipinski definition) is 0. The van der Waals surface area contributed by atoms with E-state index < -0.39 is 5.82 Å². The first-order chi connectivity index (χ1) is 7.58. The minimum absolute atomic E-state index is 0.0618. The maximum atomic E-state index is 13.0. The summed E-state index contributed by atoms with van der Waals surface area (Å²) in [6.45, 7) is 1.73. The van der Waals surface area contributed by atoms with Gasteiger partial charge in [-0.25, -0.2) is 4.39 Å². The molecule has 1 aromatic rings. The van der Waals surface area contributed by atoms with Crippen LogP contribution in [-0.4, -0.2) is 37.5 Å². The van der Waals surface area contributed by atoms with Gasteiger partial charge in [0.05, 0.1) is 11.6 Å². The van der Waals surface area contributed by atoms with Crippen LogP contribution < -0.4 is 4.90 Å². The number of anilines is 1. The number of rotatable bonds is 1. The molecule has 1 amide bonds. The van der Waals surface area contributed by atoms with Gasteiger partial charge >= 0.3 is 0 Å². The van der Waals surface area contributed by atoms with E-state index in [4.69, 9.17) is 11.6 Å². The van der Waals surface area contributed by atoms with Gasteiger partial charge in [0.1, 0.15) is 5.82 Å². The molecule has 2 rings (SSSR count). The first-order valence-electron chi connectivity index (χ1n) is 5.02.